The predicted molar refractivity (Wildman–Crippen MR) is 88.2 cm³/mol. The maximum absolute atomic E-state index is 12.7. The van der Waals surface area contributed by atoms with Crippen LogP contribution in [0.25, 0.3) is 0 Å². The van der Waals surface area contributed by atoms with Crippen LogP contribution in [0, 0.1) is 0 Å². The normalized spacial score (nSPS) is 20.2. The number of nitrogens with zero attached hydrogens (tertiary/aromatic N) is 1. The molecule has 2 heterocycles. The molecule has 0 aromatic carbocycles. The summed E-state index contributed by atoms with van der Waals surface area (Å²) in [4.78, 5) is 1.40. The lowest BCUT2D eigenvalue weighted by Gasteiger charge is -2.15. The Bertz CT molecular complexity index is 574. The van der Waals surface area contributed by atoms with Gasteiger partial charge in [0.05, 0.1) is 9.89 Å². The molecule has 5 nitrogen and oxygen atoms in total. The van der Waals surface area contributed by atoms with Crippen molar-refractivity contribution in [2.75, 3.05) is 26.7 Å². The molecule has 1 aromatic rings. The third kappa shape index (κ3) is 4.05. The van der Waals surface area contributed by atoms with Gasteiger partial charge in [-0.2, -0.15) is 4.31 Å². The van der Waals surface area contributed by atoms with E-state index >= 15 is 0 Å². The molecule has 8 heteroatoms. The number of rotatable bonds is 7. The molecule has 21 heavy (non-hydrogen) atoms. The molecule has 0 aliphatic carbocycles. The molecular formula is C13H21BrN2O3S2. The molecule has 1 N–H and O–H groups in total. The van der Waals surface area contributed by atoms with E-state index < -0.39 is 10.0 Å². The highest BCUT2D eigenvalue weighted by Crippen LogP contribution is 2.34. The van der Waals surface area contributed by atoms with Gasteiger partial charge in [0.2, 0.25) is 10.0 Å². The monoisotopic (exact) mass is 396 g/mol. The van der Waals surface area contributed by atoms with E-state index in [2.05, 4.69) is 28.2 Å². The van der Waals surface area contributed by atoms with Crippen LogP contribution in [-0.4, -0.2) is 45.6 Å². The van der Waals surface area contributed by atoms with E-state index in [-0.39, 0.29) is 6.10 Å². The molecule has 2 rings (SSSR count). The highest BCUT2D eigenvalue weighted by molar-refractivity contribution is 9.11. The number of methoxy groups -OCH3 is 1. The first-order valence-electron chi connectivity index (χ1n) is 7.01. The quantitative estimate of drug-likeness (QED) is 0.718. The van der Waals surface area contributed by atoms with E-state index in [0.717, 1.165) is 24.3 Å². The summed E-state index contributed by atoms with van der Waals surface area (Å²) in [6, 6.07) is 1.77. The number of halogens is 1. The highest BCUT2D eigenvalue weighted by atomic mass is 79.9. The second-order valence-electron chi connectivity index (χ2n) is 5.04. The number of sulfonamides is 1. The first-order chi connectivity index (χ1) is 9.98. The fourth-order valence-electron chi connectivity index (χ4n) is 2.30. The van der Waals surface area contributed by atoms with E-state index in [1.165, 1.54) is 15.6 Å². The third-order valence-electron chi connectivity index (χ3n) is 3.49. The van der Waals surface area contributed by atoms with Crippen LogP contribution in [0.5, 0.6) is 0 Å². The summed E-state index contributed by atoms with van der Waals surface area (Å²) < 4.78 is 32.8. The lowest BCUT2D eigenvalue weighted by atomic mass is 10.3. The van der Waals surface area contributed by atoms with E-state index in [1.54, 1.807) is 13.2 Å². The molecule has 0 bridgehead atoms. The van der Waals surface area contributed by atoms with Gasteiger partial charge in [0.15, 0.2) is 0 Å². The van der Waals surface area contributed by atoms with Gasteiger partial charge in [0, 0.05) is 31.6 Å². The highest BCUT2D eigenvalue weighted by Gasteiger charge is 2.34. The van der Waals surface area contributed by atoms with Crippen molar-refractivity contribution < 1.29 is 13.2 Å². The number of ether oxygens (including phenoxy) is 1. The van der Waals surface area contributed by atoms with Gasteiger partial charge in [-0.3, -0.25) is 0 Å². The second-order valence-corrected chi connectivity index (χ2v) is 9.40. The molecule has 0 radical (unpaired) electrons. The summed E-state index contributed by atoms with van der Waals surface area (Å²) >= 11 is 4.87. The average Bonchev–Trinajstić information content (AvgIpc) is 3.06. The SMILES string of the molecule is CCCNCc1cc(S(=O)(=O)N2CCC(OC)C2)c(Br)s1. The number of hydrogen-bond acceptors (Lipinski definition) is 5. The van der Waals surface area contributed by atoms with E-state index in [0.29, 0.717) is 28.3 Å². The van der Waals surface area contributed by atoms with Crippen LogP contribution < -0.4 is 5.32 Å². The third-order valence-corrected chi connectivity index (χ3v) is 7.61. The van der Waals surface area contributed by atoms with E-state index in [4.69, 9.17) is 4.74 Å². The molecule has 1 fully saturated rings. The molecule has 1 aliphatic rings. The van der Waals surface area contributed by atoms with Gasteiger partial charge in [-0.25, -0.2) is 8.42 Å². The summed E-state index contributed by atoms with van der Waals surface area (Å²) in [5.41, 5.74) is 0. The minimum Gasteiger partial charge on any atom is -0.380 e. The minimum absolute atomic E-state index is 0.00266. The molecule has 1 saturated heterocycles. The molecular weight excluding hydrogens is 376 g/mol. The molecule has 1 aliphatic heterocycles. The van der Waals surface area contributed by atoms with Crippen molar-refractivity contribution >= 4 is 37.3 Å². The van der Waals surface area contributed by atoms with Gasteiger partial charge < -0.3 is 10.1 Å². The average molecular weight is 397 g/mol. The largest absolute Gasteiger partial charge is 0.380 e. The Balaban J connectivity index is 2.13. The van der Waals surface area contributed by atoms with Crippen LogP contribution in [-0.2, 0) is 21.3 Å². The van der Waals surface area contributed by atoms with Crippen molar-refractivity contribution in [1.82, 2.24) is 9.62 Å². The maximum atomic E-state index is 12.7. The summed E-state index contributed by atoms with van der Waals surface area (Å²) in [7, 11) is -1.81. The van der Waals surface area contributed by atoms with Crippen LogP contribution in [0.4, 0.5) is 0 Å². The van der Waals surface area contributed by atoms with Gasteiger partial charge in [-0.05, 0) is 41.4 Å². The van der Waals surface area contributed by atoms with E-state index in [1.807, 2.05) is 0 Å². The first-order valence-corrected chi connectivity index (χ1v) is 10.1. The Labute approximate surface area is 138 Å². The van der Waals surface area contributed by atoms with Crippen molar-refractivity contribution in [3.63, 3.8) is 0 Å². The summed E-state index contributed by atoms with van der Waals surface area (Å²) in [6.45, 7) is 4.69. The smallest absolute Gasteiger partial charge is 0.245 e. The van der Waals surface area contributed by atoms with Crippen LogP contribution in [0.1, 0.15) is 24.6 Å². The molecule has 1 unspecified atom stereocenters. The Morgan fingerprint density at radius 1 is 1.57 bits per heavy atom. The first kappa shape index (κ1) is 17.4. The Morgan fingerprint density at radius 3 is 2.95 bits per heavy atom. The fourth-order valence-corrected chi connectivity index (χ4v) is 6.39. The van der Waals surface area contributed by atoms with E-state index in [9.17, 15) is 8.42 Å². The molecule has 0 amide bonds. The van der Waals surface area contributed by atoms with Crippen LogP contribution in [0.3, 0.4) is 0 Å². The van der Waals surface area contributed by atoms with Crippen molar-refractivity contribution in [2.45, 2.75) is 37.3 Å². The second kappa shape index (κ2) is 7.52. The van der Waals surface area contributed by atoms with Gasteiger partial charge in [0.1, 0.15) is 4.90 Å². The Morgan fingerprint density at radius 2 is 2.33 bits per heavy atom. The lowest BCUT2D eigenvalue weighted by molar-refractivity contribution is 0.115. The Hall–Kier alpha value is 0.01000. The lowest BCUT2D eigenvalue weighted by Crippen LogP contribution is -2.30. The van der Waals surface area contributed by atoms with Gasteiger partial charge >= 0.3 is 0 Å². The summed E-state index contributed by atoms with van der Waals surface area (Å²) in [6.07, 6.45) is 1.81. The van der Waals surface area contributed by atoms with Crippen molar-refractivity contribution in [2.24, 2.45) is 0 Å². The zero-order chi connectivity index (χ0) is 15.5. The molecule has 120 valence electrons. The maximum Gasteiger partial charge on any atom is 0.245 e. The Kier molecular flexibility index (Phi) is 6.22. The van der Waals surface area contributed by atoms with Crippen LogP contribution in [0.15, 0.2) is 14.7 Å². The zero-order valence-electron chi connectivity index (χ0n) is 12.3. The summed E-state index contributed by atoms with van der Waals surface area (Å²) in [5, 5.41) is 3.29. The van der Waals surface area contributed by atoms with Gasteiger partial charge in [-0.15, -0.1) is 11.3 Å². The molecule has 1 atom stereocenters. The zero-order valence-corrected chi connectivity index (χ0v) is 15.5. The van der Waals surface area contributed by atoms with Crippen LogP contribution >= 0.6 is 27.3 Å². The number of hydrogen-bond donors (Lipinski definition) is 1. The molecule has 0 spiro atoms. The van der Waals surface area contributed by atoms with Gasteiger partial charge in [0.25, 0.3) is 0 Å². The topological polar surface area (TPSA) is 58.6 Å². The fraction of sp³-hybridized carbons (Fsp3) is 0.692. The number of thiophene rings is 1. The molecule has 1 aromatic heterocycles. The van der Waals surface area contributed by atoms with Crippen molar-refractivity contribution in [3.8, 4) is 0 Å². The van der Waals surface area contributed by atoms with Crippen molar-refractivity contribution in [1.29, 1.82) is 0 Å². The summed E-state index contributed by atoms with van der Waals surface area (Å²) in [5.74, 6) is 0. The predicted octanol–water partition coefficient (Wildman–Crippen LogP) is 2.42. The standard InChI is InChI=1S/C13H21BrN2O3S2/c1-3-5-15-8-11-7-12(13(14)20-11)21(17,18)16-6-4-10(9-16)19-2/h7,10,15H,3-6,8-9H2,1-2H3. The van der Waals surface area contributed by atoms with Crippen LogP contribution in [0.2, 0.25) is 0 Å². The molecule has 0 saturated carbocycles. The van der Waals surface area contributed by atoms with Gasteiger partial charge in [-0.1, -0.05) is 6.92 Å². The van der Waals surface area contributed by atoms with Crippen molar-refractivity contribution in [3.05, 3.63) is 14.7 Å². The number of nitrogens with one attached hydrogen (secondary N) is 1. The minimum atomic E-state index is -3.43.